The van der Waals surface area contributed by atoms with Gasteiger partial charge in [0.1, 0.15) is 18.4 Å². The van der Waals surface area contributed by atoms with Crippen LogP contribution in [0.4, 0.5) is 0 Å². The lowest BCUT2D eigenvalue weighted by Gasteiger charge is -2.27. The Kier molecular flexibility index (Phi) is 10.8. The van der Waals surface area contributed by atoms with Crippen LogP contribution in [0.1, 0.15) is 36.8 Å². The van der Waals surface area contributed by atoms with E-state index in [0.717, 1.165) is 49.2 Å². The molecule has 0 saturated carbocycles. The molecule has 1 N–H and O–H groups in total. The van der Waals surface area contributed by atoms with Crippen molar-refractivity contribution in [2.75, 3.05) is 38.8 Å². The SMILES string of the molecule is CNCCCCCCN(C)C(=O)C1CSCN1C(=O)Cc1ccc(OCc2ccccc2)cc1. The molecule has 34 heavy (non-hydrogen) atoms. The fourth-order valence-electron chi connectivity index (χ4n) is 3.98. The first-order chi connectivity index (χ1) is 16.6. The number of rotatable bonds is 13. The van der Waals surface area contributed by atoms with Gasteiger partial charge in [-0.1, -0.05) is 55.3 Å². The minimum atomic E-state index is -0.361. The summed E-state index contributed by atoms with van der Waals surface area (Å²) in [6.07, 6.45) is 4.74. The maximum absolute atomic E-state index is 13.0. The van der Waals surface area contributed by atoms with Gasteiger partial charge in [0, 0.05) is 19.3 Å². The Morgan fingerprint density at radius 1 is 1.03 bits per heavy atom. The predicted octanol–water partition coefficient (Wildman–Crippen LogP) is 3.95. The highest BCUT2D eigenvalue weighted by Gasteiger charge is 2.35. The van der Waals surface area contributed by atoms with E-state index in [0.29, 0.717) is 24.7 Å². The number of nitrogens with one attached hydrogen (secondary N) is 1. The van der Waals surface area contributed by atoms with Crippen molar-refractivity contribution in [3.05, 3.63) is 65.7 Å². The minimum absolute atomic E-state index is 0.00164. The van der Waals surface area contributed by atoms with Crippen LogP contribution < -0.4 is 10.1 Å². The van der Waals surface area contributed by atoms with Gasteiger partial charge in [-0.25, -0.2) is 0 Å². The molecule has 1 fully saturated rings. The van der Waals surface area contributed by atoms with E-state index in [4.69, 9.17) is 4.74 Å². The zero-order valence-electron chi connectivity index (χ0n) is 20.4. The highest BCUT2D eigenvalue weighted by Crippen LogP contribution is 2.24. The van der Waals surface area contributed by atoms with Crippen molar-refractivity contribution in [2.45, 2.75) is 44.8 Å². The second kappa shape index (κ2) is 14.0. The molecule has 184 valence electrons. The maximum atomic E-state index is 13.0. The van der Waals surface area contributed by atoms with Crippen molar-refractivity contribution in [1.29, 1.82) is 0 Å². The van der Waals surface area contributed by atoms with Crippen molar-refractivity contribution < 1.29 is 14.3 Å². The third-order valence-corrected chi connectivity index (χ3v) is 7.07. The largest absolute Gasteiger partial charge is 0.489 e. The number of benzene rings is 2. The summed E-state index contributed by atoms with van der Waals surface area (Å²) < 4.78 is 5.83. The molecule has 0 bridgehead atoms. The van der Waals surface area contributed by atoms with Gasteiger partial charge in [0.25, 0.3) is 0 Å². The normalized spacial score (nSPS) is 15.4. The number of hydrogen-bond donors (Lipinski definition) is 1. The molecule has 2 aromatic rings. The van der Waals surface area contributed by atoms with E-state index in [1.165, 1.54) is 6.42 Å². The second-order valence-electron chi connectivity index (χ2n) is 8.75. The Labute approximate surface area is 208 Å². The van der Waals surface area contributed by atoms with Gasteiger partial charge in [-0.2, -0.15) is 0 Å². The molecule has 1 atom stereocenters. The summed E-state index contributed by atoms with van der Waals surface area (Å²) in [6, 6.07) is 17.3. The molecule has 2 amide bonds. The minimum Gasteiger partial charge on any atom is -0.489 e. The number of carbonyl (C=O) groups is 2. The number of unbranched alkanes of at least 4 members (excludes halogenated alkanes) is 3. The average molecular weight is 484 g/mol. The van der Waals surface area contributed by atoms with Crippen LogP contribution in [-0.4, -0.2) is 66.5 Å². The summed E-state index contributed by atoms with van der Waals surface area (Å²) in [5, 5.41) is 3.16. The van der Waals surface area contributed by atoms with E-state index in [2.05, 4.69) is 5.32 Å². The Hall–Kier alpha value is -2.51. The van der Waals surface area contributed by atoms with Crippen molar-refractivity contribution in [3.63, 3.8) is 0 Å². The number of amides is 2. The monoisotopic (exact) mass is 483 g/mol. The van der Waals surface area contributed by atoms with E-state index in [1.54, 1.807) is 21.6 Å². The number of carbonyl (C=O) groups excluding carboxylic acids is 2. The highest BCUT2D eigenvalue weighted by atomic mass is 32.2. The van der Waals surface area contributed by atoms with E-state index < -0.39 is 0 Å². The average Bonchev–Trinajstić information content (AvgIpc) is 3.36. The molecule has 0 spiro atoms. The number of thioether (sulfide) groups is 1. The maximum Gasteiger partial charge on any atom is 0.246 e. The third-order valence-electron chi connectivity index (χ3n) is 6.06. The summed E-state index contributed by atoms with van der Waals surface area (Å²) in [7, 11) is 3.82. The van der Waals surface area contributed by atoms with Crippen LogP contribution in [0.5, 0.6) is 5.75 Å². The molecule has 2 aromatic carbocycles. The van der Waals surface area contributed by atoms with Crippen LogP contribution in [0.25, 0.3) is 0 Å². The molecule has 1 unspecified atom stereocenters. The molecule has 3 rings (SSSR count). The van der Waals surface area contributed by atoms with Crippen LogP contribution in [0.15, 0.2) is 54.6 Å². The Morgan fingerprint density at radius 2 is 1.76 bits per heavy atom. The summed E-state index contributed by atoms with van der Waals surface area (Å²) in [5.41, 5.74) is 2.04. The molecule has 1 heterocycles. The Balaban J connectivity index is 1.45. The highest BCUT2D eigenvalue weighted by molar-refractivity contribution is 7.99. The van der Waals surface area contributed by atoms with Crippen LogP contribution in [0.2, 0.25) is 0 Å². The van der Waals surface area contributed by atoms with Gasteiger partial charge >= 0.3 is 0 Å². The lowest BCUT2D eigenvalue weighted by atomic mass is 10.1. The van der Waals surface area contributed by atoms with Gasteiger partial charge < -0.3 is 19.9 Å². The first-order valence-electron chi connectivity index (χ1n) is 12.1. The molecule has 6 nitrogen and oxygen atoms in total. The van der Waals surface area contributed by atoms with Crippen molar-refractivity contribution in [3.8, 4) is 5.75 Å². The molecule has 7 heteroatoms. The summed E-state index contributed by atoms with van der Waals surface area (Å²) >= 11 is 1.65. The van der Waals surface area contributed by atoms with Crippen molar-refractivity contribution in [1.82, 2.24) is 15.1 Å². The zero-order chi connectivity index (χ0) is 24.2. The molecule has 1 saturated heterocycles. The number of nitrogens with zero attached hydrogens (tertiary/aromatic N) is 2. The zero-order valence-corrected chi connectivity index (χ0v) is 21.2. The van der Waals surface area contributed by atoms with Crippen LogP contribution in [-0.2, 0) is 22.6 Å². The lowest BCUT2D eigenvalue weighted by Crippen LogP contribution is -2.48. The van der Waals surface area contributed by atoms with Gasteiger partial charge in [0.05, 0.1) is 12.3 Å². The molecule has 1 aliphatic heterocycles. The van der Waals surface area contributed by atoms with Crippen LogP contribution >= 0.6 is 11.8 Å². The first-order valence-corrected chi connectivity index (χ1v) is 13.3. The molecule has 0 aliphatic carbocycles. The van der Waals surface area contributed by atoms with Gasteiger partial charge in [-0.3, -0.25) is 9.59 Å². The molecular weight excluding hydrogens is 446 g/mol. The Morgan fingerprint density at radius 3 is 2.50 bits per heavy atom. The third kappa shape index (κ3) is 8.06. The topological polar surface area (TPSA) is 61.9 Å². The fourth-order valence-corrected chi connectivity index (χ4v) is 5.15. The summed E-state index contributed by atoms with van der Waals surface area (Å²) in [4.78, 5) is 29.6. The summed E-state index contributed by atoms with van der Waals surface area (Å²) in [5.74, 6) is 2.08. The lowest BCUT2D eigenvalue weighted by molar-refractivity contribution is -0.142. The van der Waals surface area contributed by atoms with Gasteiger partial charge in [-0.05, 0) is 49.7 Å². The van der Waals surface area contributed by atoms with Gasteiger partial charge in [0.15, 0.2) is 0 Å². The van der Waals surface area contributed by atoms with Crippen molar-refractivity contribution >= 4 is 23.6 Å². The Bertz CT molecular complexity index is 892. The number of likely N-dealkylation sites (N-methyl/N-ethyl adjacent to an activating group) is 1. The van der Waals surface area contributed by atoms with E-state index in [9.17, 15) is 9.59 Å². The van der Waals surface area contributed by atoms with E-state index in [1.807, 2.05) is 68.7 Å². The van der Waals surface area contributed by atoms with Gasteiger partial charge in [0.2, 0.25) is 11.8 Å². The standard InChI is InChI=1S/C27H37N3O3S/c1-28-16-8-3-4-9-17-29(2)27(32)25-20-34-21-30(25)26(31)18-22-12-14-24(15-13-22)33-19-23-10-6-5-7-11-23/h5-7,10-15,25,28H,3-4,8-9,16-21H2,1-2H3. The smallest absolute Gasteiger partial charge is 0.246 e. The van der Waals surface area contributed by atoms with E-state index in [-0.39, 0.29) is 17.9 Å². The fraction of sp³-hybridized carbons (Fsp3) is 0.481. The predicted molar refractivity (Wildman–Crippen MR) is 139 cm³/mol. The second-order valence-corrected chi connectivity index (χ2v) is 9.75. The molecule has 0 radical (unpaired) electrons. The molecule has 1 aliphatic rings. The van der Waals surface area contributed by atoms with Crippen molar-refractivity contribution in [2.24, 2.45) is 0 Å². The van der Waals surface area contributed by atoms with Crippen LogP contribution in [0.3, 0.4) is 0 Å². The number of ether oxygens (including phenoxy) is 1. The molecule has 0 aromatic heterocycles. The number of hydrogen-bond acceptors (Lipinski definition) is 5. The quantitative estimate of drug-likeness (QED) is 0.437. The van der Waals surface area contributed by atoms with E-state index >= 15 is 0 Å². The van der Waals surface area contributed by atoms with Crippen LogP contribution in [0, 0.1) is 0 Å². The first kappa shape index (κ1) is 26.1. The van der Waals surface area contributed by atoms with Gasteiger partial charge in [-0.15, -0.1) is 11.8 Å². The molecular formula is C27H37N3O3S. The summed E-state index contributed by atoms with van der Waals surface area (Å²) in [6.45, 7) is 2.29.